The number of nitrogens with two attached hydrogens (primary N) is 1. The molecule has 1 heterocycles. The molecule has 0 bridgehead atoms. The third-order valence-corrected chi connectivity index (χ3v) is 5.12. The van der Waals surface area contributed by atoms with Crippen molar-refractivity contribution in [2.45, 2.75) is 42.6 Å². The summed E-state index contributed by atoms with van der Waals surface area (Å²) in [4.78, 5) is 11.1. The number of rotatable bonds is 7. The first-order valence-corrected chi connectivity index (χ1v) is 9.00. The molecular weight excluding hydrogens is 364 g/mol. The van der Waals surface area contributed by atoms with Gasteiger partial charge in [-0.1, -0.05) is 39.8 Å². The van der Waals surface area contributed by atoms with E-state index in [2.05, 4.69) is 42.8 Å². The lowest BCUT2D eigenvalue weighted by atomic mass is 10.2. The Balaban J connectivity index is 1.71. The molecule has 1 aliphatic rings. The highest BCUT2D eigenvalue weighted by Crippen LogP contribution is 2.40. The fourth-order valence-electron chi connectivity index (χ4n) is 2.21. The molecule has 7 heteroatoms. The largest absolute Gasteiger partial charge is 0.370 e. The van der Waals surface area contributed by atoms with Crippen LogP contribution in [-0.4, -0.2) is 20.7 Å². The number of halogens is 1. The molecule has 0 radical (unpaired) electrons. The topological polar surface area (TPSA) is 73.8 Å². The maximum Gasteiger partial charge on any atom is 0.219 e. The summed E-state index contributed by atoms with van der Waals surface area (Å²) < 4.78 is 3.13. The van der Waals surface area contributed by atoms with Crippen LogP contribution in [0.1, 0.15) is 36.6 Å². The van der Waals surface area contributed by atoms with E-state index < -0.39 is 0 Å². The van der Waals surface area contributed by atoms with Crippen molar-refractivity contribution in [1.29, 1.82) is 0 Å². The van der Waals surface area contributed by atoms with E-state index in [1.165, 1.54) is 5.56 Å². The molecule has 0 spiro atoms. The zero-order chi connectivity index (χ0) is 15.5. The van der Waals surface area contributed by atoms with Crippen molar-refractivity contribution in [3.63, 3.8) is 0 Å². The van der Waals surface area contributed by atoms with Crippen LogP contribution in [0.5, 0.6) is 0 Å². The molecule has 0 atom stereocenters. The smallest absolute Gasteiger partial charge is 0.219 e. The average molecular weight is 381 g/mol. The van der Waals surface area contributed by atoms with Gasteiger partial charge in [-0.15, -0.1) is 10.2 Å². The van der Waals surface area contributed by atoms with Gasteiger partial charge in [0.15, 0.2) is 5.16 Å². The summed E-state index contributed by atoms with van der Waals surface area (Å²) in [6.45, 7) is 0.566. The van der Waals surface area contributed by atoms with E-state index in [1.807, 2.05) is 12.1 Å². The lowest BCUT2D eigenvalue weighted by Crippen LogP contribution is -2.15. The summed E-state index contributed by atoms with van der Waals surface area (Å²) >= 11 is 5.08. The first-order valence-electron chi connectivity index (χ1n) is 7.22. The fraction of sp³-hybridized carbons (Fsp3) is 0.400. The van der Waals surface area contributed by atoms with Crippen molar-refractivity contribution in [2.75, 3.05) is 0 Å². The lowest BCUT2D eigenvalue weighted by molar-refractivity contribution is -0.118. The van der Waals surface area contributed by atoms with E-state index in [1.54, 1.807) is 11.8 Å². The molecule has 1 saturated carbocycles. The molecule has 1 fully saturated rings. The van der Waals surface area contributed by atoms with E-state index in [0.717, 1.165) is 34.0 Å². The molecule has 1 aliphatic carbocycles. The number of carbonyl (C=O) groups excluding carboxylic acids is 1. The van der Waals surface area contributed by atoms with Crippen LogP contribution in [0.4, 0.5) is 0 Å². The Hall–Kier alpha value is -1.34. The van der Waals surface area contributed by atoms with Crippen molar-refractivity contribution in [2.24, 2.45) is 5.73 Å². The Morgan fingerprint density at radius 3 is 2.68 bits per heavy atom. The third-order valence-electron chi connectivity index (χ3n) is 3.55. The van der Waals surface area contributed by atoms with Crippen LogP contribution < -0.4 is 5.73 Å². The maximum absolute atomic E-state index is 11.1. The van der Waals surface area contributed by atoms with Crippen molar-refractivity contribution in [3.05, 3.63) is 40.1 Å². The molecule has 0 saturated heterocycles. The predicted octanol–water partition coefficient (Wildman–Crippen LogP) is 3.09. The van der Waals surface area contributed by atoms with Gasteiger partial charge in [0.1, 0.15) is 5.82 Å². The highest BCUT2D eigenvalue weighted by Gasteiger charge is 2.30. The second-order valence-corrected chi connectivity index (χ2v) is 7.26. The van der Waals surface area contributed by atoms with Gasteiger partial charge in [-0.3, -0.25) is 4.79 Å². The number of thioether (sulfide) groups is 1. The van der Waals surface area contributed by atoms with Gasteiger partial charge in [0, 0.05) is 29.1 Å². The van der Waals surface area contributed by atoms with Crippen LogP contribution >= 0.6 is 27.7 Å². The first-order chi connectivity index (χ1) is 10.6. The Bertz CT molecular complexity index is 667. The molecule has 3 rings (SSSR count). The van der Waals surface area contributed by atoms with Gasteiger partial charge in [-0.25, -0.2) is 0 Å². The summed E-state index contributed by atoms with van der Waals surface area (Å²) in [6, 6.07) is 8.23. The molecule has 1 aromatic heterocycles. The van der Waals surface area contributed by atoms with Gasteiger partial charge < -0.3 is 10.3 Å². The highest BCUT2D eigenvalue weighted by molar-refractivity contribution is 9.10. The van der Waals surface area contributed by atoms with Crippen molar-refractivity contribution >= 4 is 33.6 Å². The van der Waals surface area contributed by atoms with Crippen LogP contribution in [-0.2, 0) is 17.1 Å². The van der Waals surface area contributed by atoms with Crippen LogP contribution in [0, 0.1) is 0 Å². The molecule has 2 N–H and O–H groups in total. The predicted molar refractivity (Wildman–Crippen MR) is 89.5 cm³/mol. The quantitative estimate of drug-likeness (QED) is 0.748. The molecule has 5 nitrogen and oxygen atoms in total. The Morgan fingerprint density at radius 2 is 2.05 bits per heavy atom. The van der Waals surface area contributed by atoms with Crippen LogP contribution in [0.25, 0.3) is 0 Å². The van der Waals surface area contributed by atoms with E-state index in [-0.39, 0.29) is 5.91 Å². The molecular formula is C15H17BrN4OS. The van der Waals surface area contributed by atoms with Gasteiger partial charge in [0.05, 0.1) is 0 Å². The SMILES string of the molecule is NC(=O)CCn1c(SCc2ccc(Br)cc2)nnc1C1CC1. The molecule has 2 aromatic rings. The molecule has 22 heavy (non-hydrogen) atoms. The number of aromatic nitrogens is 3. The zero-order valence-electron chi connectivity index (χ0n) is 12.0. The highest BCUT2D eigenvalue weighted by atomic mass is 79.9. The van der Waals surface area contributed by atoms with Crippen LogP contribution in [0.2, 0.25) is 0 Å². The minimum Gasteiger partial charge on any atom is -0.370 e. The molecule has 1 aromatic carbocycles. The maximum atomic E-state index is 11.1. The number of hydrogen-bond acceptors (Lipinski definition) is 4. The van der Waals surface area contributed by atoms with E-state index in [9.17, 15) is 4.79 Å². The summed E-state index contributed by atoms with van der Waals surface area (Å²) in [5, 5.41) is 9.48. The number of hydrogen-bond donors (Lipinski definition) is 1. The lowest BCUT2D eigenvalue weighted by Gasteiger charge is -2.08. The monoisotopic (exact) mass is 380 g/mol. The average Bonchev–Trinajstić information content (AvgIpc) is 3.26. The molecule has 0 aliphatic heterocycles. The molecule has 1 amide bonds. The number of benzene rings is 1. The van der Waals surface area contributed by atoms with E-state index in [4.69, 9.17) is 5.73 Å². The van der Waals surface area contributed by atoms with Crippen molar-refractivity contribution in [1.82, 2.24) is 14.8 Å². The van der Waals surface area contributed by atoms with Gasteiger partial charge >= 0.3 is 0 Å². The van der Waals surface area contributed by atoms with Crippen LogP contribution in [0.3, 0.4) is 0 Å². The Kier molecular flexibility index (Phi) is 4.83. The minimum atomic E-state index is -0.292. The normalized spacial score (nSPS) is 14.2. The van der Waals surface area contributed by atoms with Crippen molar-refractivity contribution < 1.29 is 4.79 Å². The van der Waals surface area contributed by atoms with E-state index >= 15 is 0 Å². The number of amides is 1. The zero-order valence-corrected chi connectivity index (χ0v) is 14.4. The van der Waals surface area contributed by atoms with Gasteiger partial charge in [-0.05, 0) is 30.5 Å². The third kappa shape index (κ3) is 3.89. The van der Waals surface area contributed by atoms with Gasteiger partial charge in [0.25, 0.3) is 0 Å². The summed E-state index contributed by atoms with van der Waals surface area (Å²) in [7, 11) is 0. The summed E-state index contributed by atoms with van der Waals surface area (Å²) in [5.74, 6) is 2.04. The number of nitrogens with zero attached hydrogens (tertiary/aromatic N) is 3. The van der Waals surface area contributed by atoms with Gasteiger partial charge in [-0.2, -0.15) is 0 Å². The second-order valence-electron chi connectivity index (χ2n) is 5.40. The van der Waals surface area contributed by atoms with Gasteiger partial charge in [0.2, 0.25) is 5.91 Å². The summed E-state index contributed by atoms with van der Waals surface area (Å²) in [5.41, 5.74) is 6.50. The second kappa shape index (κ2) is 6.83. The standard InChI is InChI=1S/C15H17BrN4OS/c16-12-5-1-10(2-6-12)9-22-15-19-18-14(11-3-4-11)20(15)8-7-13(17)21/h1-2,5-6,11H,3-4,7-9H2,(H2,17,21). The van der Waals surface area contributed by atoms with E-state index in [0.29, 0.717) is 18.9 Å². The van der Waals surface area contributed by atoms with Crippen LogP contribution in [0.15, 0.2) is 33.9 Å². The number of carbonyl (C=O) groups is 1. The molecule has 0 unspecified atom stereocenters. The minimum absolute atomic E-state index is 0.292. The van der Waals surface area contributed by atoms with Crippen molar-refractivity contribution in [3.8, 4) is 0 Å². The Labute approximate surface area is 141 Å². The fourth-order valence-corrected chi connectivity index (χ4v) is 3.40. The number of primary amides is 1. The summed E-state index contributed by atoms with van der Waals surface area (Å²) in [6.07, 6.45) is 2.64. The first kappa shape index (κ1) is 15.6. The molecule has 116 valence electrons. The Morgan fingerprint density at radius 1 is 1.32 bits per heavy atom.